The average Bonchev–Trinajstić information content (AvgIpc) is 3.06. The Labute approximate surface area is 198 Å². The molecule has 0 aliphatic heterocycles. The lowest BCUT2D eigenvalue weighted by Crippen LogP contribution is -2.70. The summed E-state index contributed by atoms with van der Waals surface area (Å²) in [6.07, 6.45) is 11.9. The summed E-state index contributed by atoms with van der Waals surface area (Å²) in [5.74, 6) is 3.84. The molecule has 5 aliphatic rings. The molecule has 11 atom stereocenters. The predicted octanol–water partition coefficient (Wildman–Crippen LogP) is 7.22. The molecule has 5 fully saturated rings. The van der Waals surface area contributed by atoms with Crippen molar-refractivity contribution >= 4 is 0 Å². The summed E-state index contributed by atoms with van der Waals surface area (Å²) in [5, 5.41) is 22.3. The fraction of sp³-hybridized carbons (Fsp3) is 1.00. The normalized spacial score (nSPS) is 62.2. The fourth-order valence-corrected chi connectivity index (χ4v) is 12.1. The van der Waals surface area contributed by atoms with Crippen molar-refractivity contribution in [2.75, 3.05) is 0 Å². The molecule has 5 rings (SSSR count). The molecule has 5 saturated carbocycles. The van der Waals surface area contributed by atoms with Crippen LogP contribution in [0, 0.1) is 56.7 Å². The predicted molar refractivity (Wildman–Crippen MR) is 132 cm³/mol. The van der Waals surface area contributed by atoms with Crippen molar-refractivity contribution < 1.29 is 10.2 Å². The van der Waals surface area contributed by atoms with Gasteiger partial charge < -0.3 is 10.2 Å². The highest BCUT2D eigenvalue weighted by Gasteiger charge is 2.73. The zero-order valence-corrected chi connectivity index (χ0v) is 22.4. The minimum Gasteiger partial charge on any atom is -0.390 e. The van der Waals surface area contributed by atoms with Crippen LogP contribution >= 0.6 is 0 Å². The van der Waals surface area contributed by atoms with Crippen LogP contribution in [0.2, 0.25) is 0 Å². The van der Waals surface area contributed by atoms with Gasteiger partial charge in [0, 0.05) is 5.41 Å². The van der Waals surface area contributed by atoms with Crippen LogP contribution in [0.25, 0.3) is 0 Å². The highest BCUT2D eigenvalue weighted by molar-refractivity contribution is 5.21. The van der Waals surface area contributed by atoms with E-state index in [0.717, 1.165) is 42.9 Å². The van der Waals surface area contributed by atoms with Gasteiger partial charge in [0.15, 0.2) is 0 Å². The lowest BCUT2D eigenvalue weighted by atomic mass is 9.31. The molecular weight excluding hydrogens is 392 g/mol. The molecule has 2 N–H and O–H groups in total. The van der Waals surface area contributed by atoms with Gasteiger partial charge in [0.25, 0.3) is 0 Å². The summed E-state index contributed by atoms with van der Waals surface area (Å²) in [7, 11) is 0. The molecule has 0 bridgehead atoms. The second-order valence-corrected chi connectivity index (χ2v) is 15.1. The summed E-state index contributed by atoms with van der Waals surface area (Å²) in [5.41, 5.74) is 0.524. The van der Waals surface area contributed by atoms with Crippen molar-refractivity contribution in [3.63, 3.8) is 0 Å². The second-order valence-electron chi connectivity index (χ2n) is 15.1. The molecule has 0 aromatic heterocycles. The average molecular weight is 445 g/mol. The van der Waals surface area contributed by atoms with Crippen LogP contribution in [0.15, 0.2) is 0 Å². The van der Waals surface area contributed by atoms with Gasteiger partial charge >= 0.3 is 0 Å². The van der Waals surface area contributed by atoms with Gasteiger partial charge in [-0.15, -0.1) is 0 Å². The van der Waals surface area contributed by atoms with E-state index < -0.39 is 11.7 Å². The van der Waals surface area contributed by atoms with Crippen LogP contribution in [0.4, 0.5) is 0 Å². The van der Waals surface area contributed by atoms with Crippen LogP contribution < -0.4 is 0 Å². The van der Waals surface area contributed by atoms with Crippen molar-refractivity contribution in [1.29, 1.82) is 0 Å². The third kappa shape index (κ3) is 2.51. The Kier molecular flexibility index (Phi) is 5.01. The van der Waals surface area contributed by atoms with Gasteiger partial charge in [0.2, 0.25) is 0 Å². The molecule has 0 saturated heterocycles. The molecular formula is C30H52O2. The molecule has 0 heterocycles. The molecule has 2 nitrogen and oxygen atoms in total. The van der Waals surface area contributed by atoms with Crippen molar-refractivity contribution in [2.45, 2.75) is 131 Å². The first kappa shape index (κ1) is 23.7. The second kappa shape index (κ2) is 6.77. The van der Waals surface area contributed by atoms with E-state index in [1.165, 1.54) is 44.9 Å². The Morgan fingerprint density at radius 1 is 0.594 bits per heavy atom. The summed E-state index contributed by atoms with van der Waals surface area (Å²) in [6, 6.07) is 0. The van der Waals surface area contributed by atoms with E-state index in [4.69, 9.17) is 0 Å². The Hall–Kier alpha value is -0.0800. The van der Waals surface area contributed by atoms with Gasteiger partial charge in [-0.2, -0.15) is 0 Å². The van der Waals surface area contributed by atoms with Crippen LogP contribution in [-0.4, -0.2) is 21.9 Å². The molecule has 0 spiro atoms. The van der Waals surface area contributed by atoms with Crippen LogP contribution in [0.5, 0.6) is 0 Å². The van der Waals surface area contributed by atoms with Gasteiger partial charge in [-0.25, -0.2) is 0 Å². The largest absolute Gasteiger partial charge is 0.390 e. The van der Waals surface area contributed by atoms with Crippen molar-refractivity contribution in [2.24, 2.45) is 56.7 Å². The van der Waals surface area contributed by atoms with E-state index in [1.807, 2.05) is 6.92 Å². The number of fused-ring (bicyclic) bond motifs is 7. The summed E-state index contributed by atoms with van der Waals surface area (Å²) < 4.78 is 0. The maximum atomic E-state index is 11.5. The standard InChI is InChI=1S/C30H52O2/c1-19(2)20-9-10-21-25(20,3)15-17-28(6)23-13-14-29(7)22(11-12-24(31)30(29,8)32)26(23,4)16-18-27(21,28)5/h19-24,31-32H,9-18H2,1-8H3/t20-,21-,22+,23+,24+,25-,26+,27+,28-,29+,30-/m1/s1. The topological polar surface area (TPSA) is 40.5 Å². The molecule has 0 amide bonds. The first-order valence-corrected chi connectivity index (χ1v) is 14.1. The summed E-state index contributed by atoms with van der Waals surface area (Å²) >= 11 is 0. The van der Waals surface area contributed by atoms with E-state index in [2.05, 4.69) is 48.5 Å². The van der Waals surface area contributed by atoms with Crippen molar-refractivity contribution in [3.8, 4) is 0 Å². The minimum absolute atomic E-state index is 0.167. The van der Waals surface area contributed by atoms with Gasteiger partial charge in [-0.1, -0.05) is 48.5 Å². The van der Waals surface area contributed by atoms with Crippen LogP contribution in [-0.2, 0) is 0 Å². The minimum atomic E-state index is -0.966. The van der Waals surface area contributed by atoms with Crippen molar-refractivity contribution in [1.82, 2.24) is 0 Å². The first-order valence-electron chi connectivity index (χ1n) is 14.1. The molecule has 184 valence electrons. The van der Waals surface area contributed by atoms with Gasteiger partial charge in [0.05, 0.1) is 11.7 Å². The molecule has 0 aromatic carbocycles. The maximum absolute atomic E-state index is 11.5. The number of rotatable bonds is 1. The van der Waals surface area contributed by atoms with Gasteiger partial charge in [-0.3, -0.25) is 0 Å². The van der Waals surface area contributed by atoms with Gasteiger partial charge in [0.1, 0.15) is 0 Å². The number of hydrogen-bond acceptors (Lipinski definition) is 2. The fourth-order valence-electron chi connectivity index (χ4n) is 12.1. The molecule has 0 aromatic rings. The van der Waals surface area contributed by atoms with E-state index >= 15 is 0 Å². The maximum Gasteiger partial charge on any atom is 0.0933 e. The quantitative estimate of drug-likeness (QED) is 0.448. The highest BCUT2D eigenvalue weighted by Crippen LogP contribution is 2.79. The summed E-state index contributed by atoms with van der Waals surface area (Å²) in [6.45, 7) is 19.9. The monoisotopic (exact) mass is 444 g/mol. The molecule has 5 aliphatic carbocycles. The Balaban J connectivity index is 1.53. The van der Waals surface area contributed by atoms with Crippen molar-refractivity contribution in [3.05, 3.63) is 0 Å². The zero-order chi connectivity index (χ0) is 23.5. The van der Waals surface area contributed by atoms with E-state index in [0.29, 0.717) is 22.2 Å². The summed E-state index contributed by atoms with van der Waals surface area (Å²) in [4.78, 5) is 0. The highest BCUT2D eigenvalue weighted by atomic mass is 16.3. The Bertz CT molecular complexity index is 773. The number of aliphatic hydroxyl groups excluding tert-OH is 1. The zero-order valence-electron chi connectivity index (χ0n) is 22.4. The molecule has 0 radical (unpaired) electrons. The Morgan fingerprint density at radius 3 is 1.69 bits per heavy atom. The number of hydrogen-bond donors (Lipinski definition) is 2. The smallest absolute Gasteiger partial charge is 0.0933 e. The first-order chi connectivity index (χ1) is 14.7. The van der Waals surface area contributed by atoms with Crippen LogP contribution in [0.1, 0.15) is 120 Å². The van der Waals surface area contributed by atoms with E-state index in [1.54, 1.807) is 0 Å². The third-order valence-electron chi connectivity index (χ3n) is 14.3. The Morgan fingerprint density at radius 2 is 1.09 bits per heavy atom. The lowest BCUT2D eigenvalue weighted by Gasteiger charge is -2.74. The number of aliphatic hydroxyl groups is 2. The molecule has 32 heavy (non-hydrogen) atoms. The van der Waals surface area contributed by atoms with E-state index in [9.17, 15) is 10.2 Å². The molecule has 0 unspecified atom stereocenters. The van der Waals surface area contributed by atoms with Crippen LogP contribution in [0.3, 0.4) is 0 Å². The van der Waals surface area contributed by atoms with Gasteiger partial charge in [-0.05, 0) is 122 Å². The SMILES string of the molecule is CC(C)[C@H]1CC[C@@H]2[C@]1(C)CC[C@]1(C)[C@H]3CC[C@@]4(C)[C@@H](CC[C@H](O)[C@@]4(C)O)[C@]3(C)CC[C@@]21C. The van der Waals surface area contributed by atoms with E-state index in [-0.39, 0.29) is 10.8 Å². The molecule has 2 heteroatoms. The third-order valence-corrected chi connectivity index (χ3v) is 14.3. The lowest BCUT2D eigenvalue weighted by molar-refractivity contribution is -0.283.